The predicted octanol–water partition coefficient (Wildman–Crippen LogP) is 2.27. The highest BCUT2D eigenvalue weighted by atomic mass is 19.1. The van der Waals surface area contributed by atoms with Crippen molar-refractivity contribution in [3.05, 3.63) is 24.0 Å². The Morgan fingerprint density at radius 3 is 2.62 bits per heavy atom. The van der Waals surface area contributed by atoms with Gasteiger partial charge in [-0.1, -0.05) is 0 Å². The fourth-order valence-electron chi connectivity index (χ4n) is 1.84. The van der Waals surface area contributed by atoms with Crippen molar-refractivity contribution in [3.8, 4) is 0 Å². The van der Waals surface area contributed by atoms with Crippen LogP contribution in [0.4, 0.5) is 15.8 Å². The Morgan fingerprint density at radius 1 is 1.44 bits per heavy atom. The SMILES string of the molecule is CCN(c1cc(N)cc(F)c1)C(C)COC. The maximum Gasteiger partial charge on any atom is 0.127 e. The first-order valence-electron chi connectivity index (χ1n) is 5.40. The van der Waals surface area contributed by atoms with E-state index in [2.05, 4.69) is 4.90 Å². The zero-order valence-electron chi connectivity index (χ0n) is 10.0. The summed E-state index contributed by atoms with van der Waals surface area (Å²) in [6.45, 7) is 5.44. The number of hydrogen-bond donors (Lipinski definition) is 1. The molecule has 0 radical (unpaired) electrons. The van der Waals surface area contributed by atoms with E-state index in [1.807, 2.05) is 13.8 Å². The van der Waals surface area contributed by atoms with Crippen molar-refractivity contribution < 1.29 is 9.13 Å². The number of rotatable bonds is 5. The summed E-state index contributed by atoms with van der Waals surface area (Å²) < 4.78 is 18.3. The zero-order valence-corrected chi connectivity index (χ0v) is 10.0. The van der Waals surface area contributed by atoms with Crippen LogP contribution in [0.3, 0.4) is 0 Å². The minimum atomic E-state index is -0.307. The van der Waals surface area contributed by atoms with E-state index in [0.717, 1.165) is 12.2 Å². The van der Waals surface area contributed by atoms with Gasteiger partial charge in [-0.05, 0) is 32.0 Å². The molecule has 1 aromatic carbocycles. The topological polar surface area (TPSA) is 38.5 Å². The Labute approximate surface area is 96.0 Å². The number of nitrogen functional groups attached to an aromatic ring is 1. The van der Waals surface area contributed by atoms with Crippen molar-refractivity contribution in [2.75, 3.05) is 30.9 Å². The second-order valence-corrected chi connectivity index (χ2v) is 3.83. The van der Waals surface area contributed by atoms with Crippen LogP contribution >= 0.6 is 0 Å². The van der Waals surface area contributed by atoms with Crippen LogP contribution in [0.2, 0.25) is 0 Å². The summed E-state index contributed by atoms with van der Waals surface area (Å²) in [6.07, 6.45) is 0. The van der Waals surface area contributed by atoms with Gasteiger partial charge in [0.15, 0.2) is 0 Å². The van der Waals surface area contributed by atoms with Gasteiger partial charge in [0.05, 0.1) is 6.61 Å². The quantitative estimate of drug-likeness (QED) is 0.783. The summed E-state index contributed by atoms with van der Waals surface area (Å²) in [5.41, 5.74) is 6.87. The fourth-order valence-corrected chi connectivity index (χ4v) is 1.84. The molecular formula is C12H19FN2O. The summed E-state index contributed by atoms with van der Waals surface area (Å²) in [5.74, 6) is -0.307. The second-order valence-electron chi connectivity index (χ2n) is 3.83. The number of benzene rings is 1. The van der Waals surface area contributed by atoms with Gasteiger partial charge in [0.1, 0.15) is 5.82 Å². The standard InChI is InChI=1S/C12H19FN2O/c1-4-15(9(2)8-16-3)12-6-10(13)5-11(14)7-12/h5-7,9H,4,8,14H2,1-3H3. The molecule has 90 valence electrons. The molecule has 0 amide bonds. The van der Waals surface area contributed by atoms with E-state index in [1.54, 1.807) is 13.2 Å². The minimum absolute atomic E-state index is 0.191. The fraction of sp³-hybridized carbons (Fsp3) is 0.500. The first kappa shape index (κ1) is 12.8. The van der Waals surface area contributed by atoms with Gasteiger partial charge in [0, 0.05) is 31.1 Å². The van der Waals surface area contributed by atoms with E-state index in [-0.39, 0.29) is 11.9 Å². The van der Waals surface area contributed by atoms with Crippen LogP contribution in [0.25, 0.3) is 0 Å². The van der Waals surface area contributed by atoms with Gasteiger partial charge >= 0.3 is 0 Å². The molecule has 1 atom stereocenters. The molecular weight excluding hydrogens is 207 g/mol. The third-order valence-corrected chi connectivity index (χ3v) is 2.52. The molecule has 0 aliphatic carbocycles. The first-order chi connectivity index (χ1) is 7.58. The summed E-state index contributed by atoms with van der Waals surface area (Å²) in [7, 11) is 1.66. The lowest BCUT2D eigenvalue weighted by Gasteiger charge is -2.30. The summed E-state index contributed by atoms with van der Waals surface area (Å²) in [6, 6.07) is 4.78. The van der Waals surface area contributed by atoms with Crippen LogP contribution in [0, 0.1) is 5.82 Å². The normalized spacial score (nSPS) is 12.5. The van der Waals surface area contributed by atoms with E-state index in [1.165, 1.54) is 12.1 Å². The first-order valence-corrected chi connectivity index (χ1v) is 5.40. The van der Waals surface area contributed by atoms with E-state index < -0.39 is 0 Å². The van der Waals surface area contributed by atoms with Gasteiger partial charge in [-0.15, -0.1) is 0 Å². The van der Waals surface area contributed by atoms with Crippen LogP contribution < -0.4 is 10.6 Å². The largest absolute Gasteiger partial charge is 0.399 e. The molecule has 1 unspecified atom stereocenters. The molecule has 0 aromatic heterocycles. The number of nitrogens with two attached hydrogens (primary N) is 1. The van der Waals surface area contributed by atoms with Crippen LogP contribution in [-0.2, 0) is 4.74 Å². The third-order valence-electron chi connectivity index (χ3n) is 2.52. The zero-order chi connectivity index (χ0) is 12.1. The number of methoxy groups -OCH3 is 1. The number of halogens is 1. The van der Waals surface area contributed by atoms with Gasteiger partial charge in [0.25, 0.3) is 0 Å². The van der Waals surface area contributed by atoms with Crippen molar-refractivity contribution in [3.63, 3.8) is 0 Å². The summed E-state index contributed by atoms with van der Waals surface area (Å²) in [4.78, 5) is 2.06. The summed E-state index contributed by atoms with van der Waals surface area (Å²) >= 11 is 0. The van der Waals surface area contributed by atoms with Crippen LogP contribution in [0.15, 0.2) is 18.2 Å². The lowest BCUT2D eigenvalue weighted by atomic mass is 10.2. The van der Waals surface area contributed by atoms with Crippen LogP contribution in [-0.4, -0.2) is 26.3 Å². The molecule has 0 saturated carbocycles. The van der Waals surface area contributed by atoms with Gasteiger partial charge in [-0.3, -0.25) is 0 Å². The molecule has 1 aromatic rings. The monoisotopic (exact) mass is 226 g/mol. The van der Waals surface area contributed by atoms with Crippen LogP contribution in [0.5, 0.6) is 0 Å². The maximum absolute atomic E-state index is 13.2. The summed E-state index contributed by atoms with van der Waals surface area (Å²) in [5, 5.41) is 0. The van der Waals surface area contributed by atoms with Gasteiger partial charge in [0.2, 0.25) is 0 Å². The molecule has 4 heteroatoms. The Hall–Kier alpha value is -1.29. The smallest absolute Gasteiger partial charge is 0.127 e. The molecule has 16 heavy (non-hydrogen) atoms. The second kappa shape index (κ2) is 5.70. The number of hydrogen-bond acceptors (Lipinski definition) is 3. The molecule has 0 saturated heterocycles. The highest BCUT2D eigenvalue weighted by Crippen LogP contribution is 2.21. The van der Waals surface area contributed by atoms with Crippen LogP contribution in [0.1, 0.15) is 13.8 Å². The van der Waals surface area contributed by atoms with Gasteiger partial charge in [-0.25, -0.2) is 4.39 Å². The third kappa shape index (κ3) is 3.10. The highest BCUT2D eigenvalue weighted by molar-refractivity contribution is 5.56. The Balaban J connectivity index is 2.94. The molecule has 0 fully saturated rings. The van der Waals surface area contributed by atoms with Crippen molar-refractivity contribution >= 4 is 11.4 Å². The van der Waals surface area contributed by atoms with Crippen molar-refractivity contribution in [1.82, 2.24) is 0 Å². The molecule has 2 N–H and O–H groups in total. The number of likely N-dealkylation sites (N-methyl/N-ethyl adjacent to an activating group) is 1. The Morgan fingerprint density at radius 2 is 2.12 bits per heavy atom. The van der Waals surface area contributed by atoms with E-state index in [4.69, 9.17) is 10.5 Å². The molecule has 1 rings (SSSR count). The number of nitrogens with zero attached hydrogens (tertiary/aromatic N) is 1. The molecule has 0 aliphatic heterocycles. The predicted molar refractivity (Wildman–Crippen MR) is 65.2 cm³/mol. The Bertz CT molecular complexity index is 324. The Kier molecular flexibility index (Phi) is 4.55. The average molecular weight is 226 g/mol. The van der Waals surface area contributed by atoms with Crippen molar-refractivity contribution in [1.29, 1.82) is 0 Å². The maximum atomic E-state index is 13.2. The van der Waals surface area contributed by atoms with E-state index in [0.29, 0.717) is 12.3 Å². The lowest BCUT2D eigenvalue weighted by Crippen LogP contribution is -2.36. The average Bonchev–Trinajstić information content (AvgIpc) is 2.17. The number of anilines is 2. The van der Waals surface area contributed by atoms with E-state index >= 15 is 0 Å². The lowest BCUT2D eigenvalue weighted by molar-refractivity contribution is 0.182. The van der Waals surface area contributed by atoms with Crippen molar-refractivity contribution in [2.45, 2.75) is 19.9 Å². The molecule has 0 spiro atoms. The number of ether oxygens (including phenoxy) is 1. The van der Waals surface area contributed by atoms with Gasteiger partial charge < -0.3 is 15.4 Å². The van der Waals surface area contributed by atoms with Gasteiger partial charge in [-0.2, -0.15) is 0 Å². The molecule has 3 nitrogen and oxygen atoms in total. The molecule has 0 bridgehead atoms. The molecule has 0 heterocycles. The highest BCUT2D eigenvalue weighted by Gasteiger charge is 2.13. The van der Waals surface area contributed by atoms with E-state index in [9.17, 15) is 4.39 Å². The minimum Gasteiger partial charge on any atom is -0.399 e. The molecule has 0 aliphatic rings. The van der Waals surface area contributed by atoms with Crippen molar-refractivity contribution in [2.24, 2.45) is 0 Å².